The van der Waals surface area contributed by atoms with Gasteiger partial charge in [0.2, 0.25) is 5.91 Å². The van der Waals surface area contributed by atoms with Gasteiger partial charge in [0, 0.05) is 25.5 Å². The fourth-order valence-corrected chi connectivity index (χ4v) is 4.03. The second-order valence-corrected chi connectivity index (χ2v) is 7.00. The SMILES string of the molecule is COC(=O)C1(N2CC3(CCCN3C(=O)C(C)C)C2=O)CCOC1. The first-order valence-corrected chi connectivity index (χ1v) is 8.19. The van der Waals surface area contributed by atoms with Gasteiger partial charge in [-0.05, 0) is 12.8 Å². The van der Waals surface area contributed by atoms with Crippen molar-refractivity contribution in [1.29, 1.82) is 0 Å². The van der Waals surface area contributed by atoms with Crippen LogP contribution in [0.15, 0.2) is 0 Å². The highest BCUT2D eigenvalue weighted by Crippen LogP contribution is 2.45. The number of nitrogens with zero attached hydrogens (tertiary/aromatic N) is 2. The molecule has 3 rings (SSSR count). The monoisotopic (exact) mass is 324 g/mol. The van der Waals surface area contributed by atoms with Gasteiger partial charge in [0.1, 0.15) is 5.54 Å². The Labute approximate surface area is 135 Å². The van der Waals surface area contributed by atoms with Crippen LogP contribution in [0.1, 0.15) is 33.1 Å². The fourth-order valence-electron chi connectivity index (χ4n) is 4.03. The topological polar surface area (TPSA) is 76.2 Å². The summed E-state index contributed by atoms with van der Waals surface area (Å²) in [6.07, 6.45) is 1.93. The highest BCUT2D eigenvalue weighted by atomic mass is 16.5. The van der Waals surface area contributed by atoms with Gasteiger partial charge >= 0.3 is 5.97 Å². The van der Waals surface area contributed by atoms with Crippen molar-refractivity contribution in [2.45, 2.75) is 44.2 Å². The van der Waals surface area contributed by atoms with Gasteiger partial charge < -0.3 is 19.3 Å². The summed E-state index contributed by atoms with van der Waals surface area (Å²) in [5, 5.41) is 0. The molecular formula is C16H24N2O5. The minimum Gasteiger partial charge on any atom is -0.467 e. The molecule has 1 spiro atoms. The number of likely N-dealkylation sites (tertiary alicyclic amines) is 2. The van der Waals surface area contributed by atoms with E-state index in [9.17, 15) is 14.4 Å². The van der Waals surface area contributed by atoms with Crippen LogP contribution in [0.5, 0.6) is 0 Å². The maximum Gasteiger partial charge on any atom is 0.334 e. The Morgan fingerprint density at radius 3 is 2.57 bits per heavy atom. The zero-order valence-corrected chi connectivity index (χ0v) is 14.0. The van der Waals surface area contributed by atoms with E-state index in [0.717, 1.165) is 6.42 Å². The number of esters is 1. The lowest BCUT2D eigenvalue weighted by atomic mass is 9.79. The Balaban J connectivity index is 1.84. The molecule has 0 radical (unpaired) electrons. The number of carbonyl (C=O) groups is 3. The minimum absolute atomic E-state index is 0.00490. The van der Waals surface area contributed by atoms with Crippen LogP contribution >= 0.6 is 0 Å². The molecule has 0 saturated carbocycles. The van der Waals surface area contributed by atoms with Crippen LogP contribution in [0.4, 0.5) is 0 Å². The minimum atomic E-state index is -1.02. The third kappa shape index (κ3) is 2.09. The van der Waals surface area contributed by atoms with Crippen LogP contribution in [0.25, 0.3) is 0 Å². The number of rotatable bonds is 3. The predicted molar refractivity (Wildman–Crippen MR) is 80.4 cm³/mol. The molecule has 0 N–H and O–H groups in total. The molecule has 0 aliphatic carbocycles. The molecule has 3 heterocycles. The first kappa shape index (κ1) is 16.2. The van der Waals surface area contributed by atoms with Gasteiger partial charge in [0.25, 0.3) is 5.91 Å². The van der Waals surface area contributed by atoms with Gasteiger partial charge in [-0.3, -0.25) is 9.59 Å². The average molecular weight is 324 g/mol. The van der Waals surface area contributed by atoms with Crippen molar-refractivity contribution in [3.05, 3.63) is 0 Å². The molecule has 0 aromatic carbocycles. The summed E-state index contributed by atoms with van der Waals surface area (Å²) >= 11 is 0. The van der Waals surface area contributed by atoms with Gasteiger partial charge in [-0.25, -0.2) is 4.79 Å². The lowest BCUT2D eigenvalue weighted by Crippen LogP contribution is -2.79. The standard InChI is InChI=1S/C16H24N2O5/c1-11(2)12(19)17-7-4-5-15(17)9-18(13(15)20)16(14(21)22-3)6-8-23-10-16/h11H,4-10H2,1-3H3. The molecule has 0 bridgehead atoms. The second-order valence-electron chi connectivity index (χ2n) is 7.00. The maximum absolute atomic E-state index is 13.0. The van der Waals surface area contributed by atoms with E-state index in [0.29, 0.717) is 32.5 Å². The van der Waals surface area contributed by atoms with E-state index < -0.39 is 17.0 Å². The maximum atomic E-state index is 13.0. The van der Waals surface area contributed by atoms with E-state index in [-0.39, 0.29) is 24.3 Å². The number of carbonyl (C=O) groups excluding carboxylic acids is 3. The smallest absolute Gasteiger partial charge is 0.334 e. The summed E-state index contributed by atoms with van der Waals surface area (Å²) in [5.74, 6) is -0.709. The van der Waals surface area contributed by atoms with E-state index in [4.69, 9.17) is 9.47 Å². The summed E-state index contributed by atoms with van der Waals surface area (Å²) in [5.41, 5.74) is -1.78. The van der Waals surface area contributed by atoms with Crippen molar-refractivity contribution in [3.63, 3.8) is 0 Å². The molecule has 2 amide bonds. The largest absolute Gasteiger partial charge is 0.467 e. The number of amides is 2. The quantitative estimate of drug-likeness (QED) is 0.547. The normalized spacial score (nSPS) is 33.5. The Morgan fingerprint density at radius 1 is 1.30 bits per heavy atom. The lowest BCUT2D eigenvalue weighted by molar-refractivity contribution is -0.187. The molecule has 7 nitrogen and oxygen atoms in total. The summed E-state index contributed by atoms with van der Waals surface area (Å²) in [6, 6.07) is 0. The number of hydrogen-bond donors (Lipinski definition) is 0. The summed E-state index contributed by atoms with van der Waals surface area (Å²) in [4.78, 5) is 41.0. The van der Waals surface area contributed by atoms with Crippen LogP contribution < -0.4 is 0 Å². The number of ether oxygens (including phenoxy) is 2. The third-order valence-electron chi connectivity index (χ3n) is 5.39. The zero-order chi connectivity index (χ0) is 16.8. The fraction of sp³-hybridized carbons (Fsp3) is 0.812. The van der Waals surface area contributed by atoms with E-state index in [2.05, 4.69) is 0 Å². The van der Waals surface area contributed by atoms with Crippen LogP contribution in [-0.4, -0.2) is 72.1 Å². The molecule has 3 aliphatic rings. The molecule has 2 atom stereocenters. The van der Waals surface area contributed by atoms with Crippen molar-refractivity contribution < 1.29 is 23.9 Å². The van der Waals surface area contributed by atoms with Crippen molar-refractivity contribution in [2.75, 3.05) is 33.4 Å². The van der Waals surface area contributed by atoms with Gasteiger partial charge in [0.15, 0.2) is 5.54 Å². The highest BCUT2D eigenvalue weighted by Gasteiger charge is 2.66. The predicted octanol–water partition coefficient (Wildman–Crippen LogP) is 0.178. The third-order valence-corrected chi connectivity index (χ3v) is 5.39. The summed E-state index contributed by atoms with van der Waals surface area (Å²) in [7, 11) is 1.33. The second kappa shape index (κ2) is 5.47. The van der Waals surface area contributed by atoms with Crippen molar-refractivity contribution in [2.24, 2.45) is 5.92 Å². The van der Waals surface area contributed by atoms with Crippen molar-refractivity contribution in [1.82, 2.24) is 9.80 Å². The van der Waals surface area contributed by atoms with Gasteiger partial charge in [-0.15, -0.1) is 0 Å². The van der Waals surface area contributed by atoms with Crippen LogP contribution in [0.3, 0.4) is 0 Å². The number of β-lactam (4-membered cyclic amide) rings is 1. The van der Waals surface area contributed by atoms with E-state index >= 15 is 0 Å². The lowest BCUT2D eigenvalue weighted by Gasteiger charge is -2.56. The van der Waals surface area contributed by atoms with Gasteiger partial charge in [-0.2, -0.15) is 0 Å². The Bertz CT molecular complexity index is 541. The molecule has 2 unspecified atom stereocenters. The highest BCUT2D eigenvalue weighted by molar-refractivity contribution is 6.01. The van der Waals surface area contributed by atoms with E-state index in [1.807, 2.05) is 13.8 Å². The van der Waals surface area contributed by atoms with Crippen LogP contribution in [-0.2, 0) is 23.9 Å². The first-order valence-electron chi connectivity index (χ1n) is 8.19. The molecule has 3 saturated heterocycles. The molecular weight excluding hydrogens is 300 g/mol. The van der Waals surface area contributed by atoms with Gasteiger partial charge in [0.05, 0.1) is 20.3 Å². The summed E-state index contributed by atoms with van der Waals surface area (Å²) < 4.78 is 10.3. The Hall–Kier alpha value is -1.63. The summed E-state index contributed by atoms with van der Waals surface area (Å²) in [6.45, 7) is 5.28. The number of methoxy groups -OCH3 is 1. The van der Waals surface area contributed by atoms with E-state index in [1.165, 1.54) is 7.11 Å². The molecule has 23 heavy (non-hydrogen) atoms. The molecule has 3 fully saturated rings. The van der Waals surface area contributed by atoms with Crippen molar-refractivity contribution in [3.8, 4) is 0 Å². The van der Waals surface area contributed by atoms with E-state index in [1.54, 1.807) is 9.80 Å². The molecule has 0 aromatic rings. The molecule has 128 valence electrons. The zero-order valence-electron chi connectivity index (χ0n) is 14.0. The number of hydrogen-bond acceptors (Lipinski definition) is 5. The molecule has 3 aliphatic heterocycles. The molecule has 7 heteroatoms. The Morgan fingerprint density at radius 2 is 2.04 bits per heavy atom. The van der Waals surface area contributed by atoms with Crippen LogP contribution in [0.2, 0.25) is 0 Å². The van der Waals surface area contributed by atoms with Crippen molar-refractivity contribution >= 4 is 17.8 Å². The molecule has 0 aromatic heterocycles. The van der Waals surface area contributed by atoms with Crippen LogP contribution in [0, 0.1) is 5.92 Å². The first-order chi connectivity index (χ1) is 10.9. The average Bonchev–Trinajstić information content (AvgIpc) is 3.19. The van der Waals surface area contributed by atoms with Gasteiger partial charge in [-0.1, -0.05) is 13.8 Å². The Kier molecular flexibility index (Phi) is 3.86.